The van der Waals surface area contributed by atoms with Crippen LogP contribution >= 0.6 is 11.6 Å². The number of hydrogen-bond donors (Lipinski definition) is 0. The fraction of sp³-hybridized carbons (Fsp3) is 0.444. The van der Waals surface area contributed by atoms with Crippen molar-refractivity contribution in [2.75, 3.05) is 13.2 Å². The molecule has 0 aliphatic rings. The quantitative estimate of drug-likeness (QED) is 0.650. The van der Waals surface area contributed by atoms with Gasteiger partial charge in [0.15, 0.2) is 5.15 Å². The van der Waals surface area contributed by atoms with Crippen LogP contribution in [-0.4, -0.2) is 35.4 Å². The molecule has 0 bridgehead atoms. The summed E-state index contributed by atoms with van der Waals surface area (Å²) in [5.74, 6) is 0.400. The minimum atomic E-state index is -0.0490. The molecule has 24 heavy (non-hydrogen) atoms. The molecule has 0 aliphatic heterocycles. The Labute approximate surface area is 147 Å². The average Bonchev–Trinajstić information content (AvgIpc) is 2.59. The van der Waals surface area contributed by atoms with E-state index in [2.05, 4.69) is 29.0 Å². The van der Waals surface area contributed by atoms with Crippen LogP contribution in [0.2, 0.25) is 5.15 Å². The van der Waals surface area contributed by atoms with Crippen molar-refractivity contribution in [3.05, 3.63) is 53.4 Å². The molecule has 1 heterocycles. The normalized spacial score (nSPS) is 13.5. The van der Waals surface area contributed by atoms with E-state index in [9.17, 15) is 0 Å². The van der Waals surface area contributed by atoms with Gasteiger partial charge in [-0.1, -0.05) is 41.9 Å². The van der Waals surface area contributed by atoms with Crippen LogP contribution in [0.5, 0.6) is 5.88 Å². The largest absolute Gasteiger partial charge is 0.474 e. The molecular formula is C18H23ClN2O3. The van der Waals surface area contributed by atoms with Crippen LogP contribution in [0.15, 0.2) is 42.7 Å². The maximum Gasteiger partial charge on any atom is 0.233 e. The van der Waals surface area contributed by atoms with E-state index in [0.29, 0.717) is 30.9 Å². The summed E-state index contributed by atoms with van der Waals surface area (Å²) in [7, 11) is 0. The zero-order valence-corrected chi connectivity index (χ0v) is 14.8. The van der Waals surface area contributed by atoms with Crippen molar-refractivity contribution >= 4 is 11.6 Å². The molecule has 0 spiro atoms. The molecule has 0 radical (unpaired) electrons. The molecule has 0 amide bonds. The summed E-state index contributed by atoms with van der Waals surface area (Å²) in [5.41, 5.74) is 1.18. The number of rotatable bonds is 10. The van der Waals surface area contributed by atoms with Crippen LogP contribution in [0.1, 0.15) is 25.8 Å². The van der Waals surface area contributed by atoms with E-state index in [1.807, 2.05) is 25.1 Å². The van der Waals surface area contributed by atoms with Crippen LogP contribution in [0.3, 0.4) is 0 Å². The van der Waals surface area contributed by atoms with Gasteiger partial charge in [-0.3, -0.25) is 4.98 Å². The Morgan fingerprint density at radius 3 is 2.58 bits per heavy atom. The number of nitrogens with zero attached hydrogens (tertiary/aromatic N) is 2. The molecule has 5 nitrogen and oxygen atoms in total. The van der Waals surface area contributed by atoms with Gasteiger partial charge >= 0.3 is 0 Å². The van der Waals surface area contributed by atoms with E-state index in [0.717, 1.165) is 6.42 Å². The maximum absolute atomic E-state index is 5.81. The van der Waals surface area contributed by atoms with Gasteiger partial charge in [-0.05, 0) is 25.8 Å². The van der Waals surface area contributed by atoms with Crippen LogP contribution in [0.25, 0.3) is 0 Å². The summed E-state index contributed by atoms with van der Waals surface area (Å²) < 4.78 is 17.0. The Morgan fingerprint density at radius 1 is 1.04 bits per heavy atom. The van der Waals surface area contributed by atoms with Crippen molar-refractivity contribution in [3.8, 4) is 5.88 Å². The molecule has 6 heteroatoms. The van der Waals surface area contributed by atoms with Gasteiger partial charge in [0.25, 0.3) is 0 Å². The zero-order valence-electron chi connectivity index (χ0n) is 14.0. The highest BCUT2D eigenvalue weighted by molar-refractivity contribution is 6.29. The van der Waals surface area contributed by atoms with Crippen LogP contribution in [-0.2, 0) is 16.1 Å². The summed E-state index contributed by atoms with van der Waals surface area (Å²) in [6, 6.07) is 10.1. The predicted octanol–water partition coefficient (Wildman–Crippen LogP) is 3.91. The molecular weight excluding hydrogens is 328 g/mol. The topological polar surface area (TPSA) is 53.5 Å². The molecule has 0 saturated carbocycles. The Hall–Kier alpha value is -1.69. The van der Waals surface area contributed by atoms with Crippen LogP contribution < -0.4 is 4.74 Å². The number of ether oxygens (including phenoxy) is 3. The number of halogens is 1. The lowest BCUT2D eigenvalue weighted by Gasteiger charge is -2.16. The summed E-state index contributed by atoms with van der Waals surface area (Å²) >= 11 is 5.75. The highest BCUT2D eigenvalue weighted by atomic mass is 35.5. The second kappa shape index (κ2) is 10.2. The van der Waals surface area contributed by atoms with Gasteiger partial charge in [-0.15, -0.1) is 0 Å². The summed E-state index contributed by atoms with van der Waals surface area (Å²) in [5, 5.41) is 0.311. The minimum Gasteiger partial charge on any atom is -0.474 e. The van der Waals surface area contributed by atoms with E-state index < -0.39 is 0 Å². The first-order chi connectivity index (χ1) is 11.6. The number of hydrogen-bond acceptors (Lipinski definition) is 5. The van der Waals surface area contributed by atoms with E-state index in [-0.39, 0.29) is 12.2 Å². The van der Waals surface area contributed by atoms with Crippen molar-refractivity contribution in [1.29, 1.82) is 0 Å². The van der Waals surface area contributed by atoms with Crippen molar-refractivity contribution in [2.24, 2.45) is 0 Å². The van der Waals surface area contributed by atoms with Crippen LogP contribution in [0.4, 0.5) is 0 Å². The monoisotopic (exact) mass is 350 g/mol. The standard InChI is InChI=1S/C18H23ClN2O3/c1-14(23-13-16-6-4-3-5-7-16)8-9-22-15(2)12-24-18-11-20-10-17(19)21-18/h3-7,10-11,14-15H,8-9,12-13H2,1-2H3. The Balaban J connectivity index is 1.57. The highest BCUT2D eigenvalue weighted by Gasteiger charge is 2.08. The average molecular weight is 351 g/mol. The van der Waals surface area contributed by atoms with Gasteiger partial charge in [-0.25, -0.2) is 0 Å². The molecule has 2 rings (SSSR count). The second-order valence-electron chi connectivity index (χ2n) is 5.57. The Morgan fingerprint density at radius 2 is 1.83 bits per heavy atom. The third-order valence-corrected chi connectivity index (χ3v) is 3.54. The Bertz CT molecular complexity index is 598. The smallest absolute Gasteiger partial charge is 0.233 e. The SMILES string of the molecule is CC(CCOC(C)COc1cncc(Cl)n1)OCc1ccccc1. The first-order valence-corrected chi connectivity index (χ1v) is 8.38. The molecule has 0 fully saturated rings. The molecule has 1 aromatic heterocycles. The first kappa shape index (κ1) is 18.6. The second-order valence-corrected chi connectivity index (χ2v) is 5.96. The third kappa shape index (κ3) is 7.25. The van der Waals surface area contributed by atoms with E-state index in [1.54, 1.807) is 0 Å². The molecule has 0 saturated heterocycles. The molecule has 2 aromatic rings. The summed E-state index contributed by atoms with van der Waals surface area (Å²) in [6.45, 7) is 5.63. The zero-order chi connectivity index (χ0) is 17.2. The third-order valence-electron chi connectivity index (χ3n) is 3.35. The van der Waals surface area contributed by atoms with Crippen LogP contribution in [0, 0.1) is 0 Å². The molecule has 1 aromatic carbocycles. The lowest BCUT2D eigenvalue weighted by Crippen LogP contribution is -2.21. The summed E-state index contributed by atoms with van der Waals surface area (Å²) in [6.07, 6.45) is 3.90. The molecule has 130 valence electrons. The predicted molar refractivity (Wildman–Crippen MR) is 93.3 cm³/mol. The van der Waals surface area contributed by atoms with Gasteiger partial charge in [0, 0.05) is 6.61 Å². The van der Waals surface area contributed by atoms with E-state index in [1.165, 1.54) is 18.0 Å². The van der Waals surface area contributed by atoms with Gasteiger partial charge in [-0.2, -0.15) is 4.98 Å². The van der Waals surface area contributed by atoms with Crippen molar-refractivity contribution in [3.63, 3.8) is 0 Å². The lowest BCUT2D eigenvalue weighted by atomic mass is 10.2. The molecule has 0 N–H and O–H groups in total. The van der Waals surface area contributed by atoms with E-state index >= 15 is 0 Å². The number of benzene rings is 1. The van der Waals surface area contributed by atoms with Gasteiger partial charge in [0.05, 0.1) is 31.2 Å². The van der Waals surface area contributed by atoms with Crippen molar-refractivity contribution in [1.82, 2.24) is 9.97 Å². The van der Waals surface area contributed by atoms with Gasteiger partial charge in [0.1, 0.15) is 6.61 Å². The highest BCUT2D eigenvalue weighted by Crippen LogP contribution is 2.10. The fourth-order valence-corrected chi connectivity index (χ4v) is 2.12. The minimum absolute atomic E-state index is 0.0490. The lowest BCUT2D eigenvalue weighted by molar-refractivity contribution is -0.00846. The van der Waals surface area contributed by atoms with E-state index in [4.69, 9.17) is 25.8 Å². The molecule has 2 atom stereocenters. The molecule has 2 unspecified atom stereocenters. The van der Waals surface area contributed by atoms with Gasteiger partial charge in [0.2, 0.25) is 5.88 Å². The van der Waals surface area contributed by atoms with Gasteiger partial charge < -0.3 is 14.2 Å². The Kier molecular flexibility index (Phi) is 7.95. The van der Waals surface area contributed by atoms with Crippen molar-refractivity contribution < 1.29 is 14.2 Å². The summed E-state index contributed by atoms with van der Waals surface area (Å²) in [4.78, 5) is 7.93. The van der Waals surface area contributed by atoms with Crippen molar-refractivity contribution in [2.45, 2.75) is 39.1 Å². The number of aromatic nitrogens is 2. The first-order valence-electron chi connectivity index (χ1n) is 8.01. The molecule has 0 aliphatic carbocycles. The maximum atomic E-state index is 5.81. The fourth-order valence-electron chi connectivity index (χ4n) is 1.98.